The van der Waals surface area contributed by atoms with Gasteiger partial charge in [-0.05, 0) is 42.4 Å². The highest BCUT2D eigenvalue weighted by Crippen LogP contribution is 2.45. The van der Waals surface area contributed by atoms with Gasteiger partial charge < -0.3 is 10.2 Å². The Hall–Kier alpha value is -1.58. The second-order valence-electron chi connectivity index (χ2n) is 6.41. The first-order valence-corrected chi connectivity index (χ1v) is 7.91. The van der Waals surface area contributed by atoms with Crippen LogP contribution >= 0.6 is 0 Å². The Kier molecular flexibility index (Phi) is 4.13. The predicted molar refractivity (Wildman–Crippen MR) is 83.7 cm³/mol. The summed E-state index contributed by atoms with van der Waals surface area (Å²) in [5, 5.41) is 3.41. The van der Waals surface area contributed by atoms with E-state index >= 15 is 0 Å². The molecule has 1 heterocycles. The number of nitrogens with zero attached hydrogens (tertiary/aromatic N) is 2. The maximum absolute atomic E-state index is 12.9. The third kappa shape index (κ3) is 3.20. The van der Waals surface area contributed by atoms with Gasteiger partial charge in [0.25, 0.3) is 0 Å². The molecule has 114 valence electrons. The fourth-order valence-electron chi connectivity index (χ4n) is 3.76. The van der Waals surface area contributed by atoms with Gasteiger partial charge in [0, 0.05) is 26.7 Å². The van der Waals surface area contributed by atoms with E-state index < -0.39 is 0 Å². The van der Waals surface area contributed by atoms with Crippen LogP contribution in [-0.2, 0) is 6.54 Å². The Morgan fingerprint density at radius 2 is 1.95 bits per heavy atom. The van der Waals surface area contributed by atoms with E-state index in [-0.39, 0.29) is 5.82 Å². The van der Waals surface area contributed by atoms with Crippen LogP contribution in [0.4, 0.5) is 4.39 Å². The fraction of sp³-hybridized carbons (Fsp3) is 0.588. The highest BCUT2D eigenvalue weighted by molar-refractivity contribution is 5.80. The number of halogens is 1. The maximum atomic E-state index is 12.9. The molecule has 2 fully saturated rings. The van der Waals surface area contributed by atoms with Crippen LogP contribution < -0.4 is 5.32 Å². The number of likely N-dealkylation sites (tertiary alicyclic amines) is 1. The molecule has 0 unspecified atom stereocenters. The first-order chi connectivity index (χ1) is 10.2. The summed E-state index contributed by atoms with van der Waals surface area (Å²) in [6, 6.07) is 6.64. The van der Waals surface area contributed by atoms with E-state index in [2.05, 4.69) is 15.2 Å². The lowest BCUT2D eigenvalue weighted by Gasteiger charge is -2.26. The van der Waals surface area contributed by atoms with Crippen molar-refractivity contribution in [3.05, 3.63) is 35.6 Å². The van der Waals surface area contributed by atoms with E-state index in [9.17, 15) is 4.39 Å². The smallest absolute Gasteiger partial charge is 0.193 e. The summed E-state index contributed by atoms with van der Waals surface area (Å²) >= 11 is 0. The molecule has 1 saturated heterocycles. The van der Waals surface area contributed by atoms with Crippen LogP contribution in [0.1, 0.15) is 37.7 Å². The van der Waals surface area contributed by atoms with E-state index in [0.717, 1.165) is 24.6 Å². The van der Waals surface area contributed by atoms with Gasteiger partial charge in [-0.2, -0.15) is 0 Å². The van der Waals surface area contributed by atoms with Gasteiger partial charge in [0.15, 0.2) is 5.96 Å². The van der Waals surface area contributed by atoms with Crippen molar-refractivity contribution in [1.82, 2.24) is 10.2 Å². The van der Waals surface area contributed by atoms with Gasteiger partial charge in [0.1, 0.15) is 5.82 Å². The summed E-state index contributed by atoms with van der Waals surface area (Å²) < 4.78 is 12.9. The zero-order valence-corrected chi connectivity index (χ0v) is 12.7. The number of aliphatic imine (C=N–C) groups is 1. The average Bonchev–Trinajstić information content (AvgIpc) is 3.13. The quantitative estimate of drug-likeness (QED) is 0.669. The van der Waals surface area contributed by atoms with E-state index in [1.165, 1.54) is 44.2 Å². The first-order valence-electron chi connectivity index (χ1n) is 7.91. The molecule has 0 amide bonds. The normalized spacial score (nSPS) is 21.2. The Bertz CT molecular complexity index is 503. The maximum Gasteiger partial charge on any atom is 0.193 e. The molecule has 0 atom stereocenters. The number of guanidine groups is 1. The SMILES string of the molecule is CN=C(NCc1ccc(F)cc1)N1CCC2(CCCC2)C1. The topological polar surface area (TPSA) is 27.6 Å². The van der Waals surface area contributed by atoms with Crippen molar-refractivity contribution in [3.63, 3.8) is 0 Å². The standard InChI is InChI=1S/C17H24FN3/c1-19-16(20-12-14-4-6-15(18)7-5-14)21-11-10-17(13-21)8-2-3-9-17/h4-7H,2-3,8-13H2,1H3,(H,19,20). The summed E-state index contributed by atoms with van der Waals surface area (Å²) in [4.78, 5) is 6.80. The molecule has 1 aliphatic heterocycles. The molecule has 4 heteroatoms. The number of hydrogen-bond donors (Lipinski definition) is 1. The van der Waals surface area contributed by atoms with Crippen molar-refractivity contribution in [1.29, 1.82) is 0 Å². The molecule has 0 bridgehead atoms. The van der Waals surface area contributed by atoms with E-state index in [1.54, 1.807) is 0 Å². The average molecular weight is 289 g/mol. The van der Waals surface area contributed by atoms with Crippen molar-refractivity contribution in [2.45, 2.75) is 38.6 Å². The molecule has 1 spiro atoms. The van der Waals surface area contributed by atoms with Crippen LogP contribution in [0.3, 0.4) is 0 Å². The van der Waals surface area contributed by atoms with Crippen LogP contribution in [0.15, 0.2) is 29.3 Å². The molecule has 1 aromatic rings. The Balaban J connectivity index is 1.57. The lowest BCUT2D eigenvalue weighted by molar-refractivity contribution is 0.309. The number of benzene rings is 1. The van der Waals surface area contributed by atoms with Crippen LogP contribution in [0, 0.1) is 11.2 Å². The highest BCUT2D eigenvalue weighted by Gasteiger charge is 2.40. The van der Waals surface area contributed by atoms with Crippen molar-refractivity contribution in [2.75, 3.05) is 20.1 Å². The molecule has 3 nitrogen and oxygen atoms in total. The zero-order valence-electron chi connectivity index (χ0n) is 12.7. The molecular formula is C17H24FN3. The molecule has 1 aliphatic carbocycles. The highest BCUT2D eigenvalue weighted by atomic mass is 19.1. The van der Waals surface area contributed by atoms with E-state index in [1.807, 2.05) is 19.2 Å². The van der Waals surface area contributed by atoms with Crippen LogP contribution in [0.25, 0.3) is 0 Å². The lowest BCUT2D eigenvalue weighted by atomic mass is 9.86. The van der Waals surface area contributed by atoms with Gasteiger partial charge in [0.2, 0.25) is 0 Å². The molecule has 0 radical (unpaired) electrons. The van der Waals surface area contributed by atoms with E-state index in [4.69, 9.17) is 0 Å². The predicted octanol–water partition coefficient (Wildman–Crippen LogP) is 3.17. The molecule has 2 aliphatic rings. The molecule has 3 rings (SSSR count). The minimum absolute atomic E-state index is 0.189. The van der Waals surface area contributed by atoms with Gasteiger partial charge in [-0.1, -0.05) is 25.0 Å². The van der Waals surface area contributed by atoms with Gasteiger partial charge in [0.05, 0.1) is 0 Å². The third-order valence-corrected chi connectivity index (χ3v) is 4.98. The summed E-state index contributed by atoms with van der Waals surface area (Å²) in [5.74, 6) is 0.786. The Morgan fingerprint density at radius 3 is 2.62 bits per heavy atom. The molecular weight excluding hydrogens is 265 g/mol. The van der Waals surface area contributed by atoms with Crippen molar-refractivity contribution in [3.8, 4) is 0 Å². The zero-order chi connectivity index (χ0) is 14.7. The first kappa shape index (κ1) is 14.4. The van der Waals surface area contributed by atoms with Gasteiger partial charge in [-0.15, -0.1) is 0 Å². The third-order valence-electron chi connectivity index (χ3n) is 4.98. The molecule has 1 N–H and O–H groups in total. The van der Waals surface area contributed by atoms with Crippen molar-refractivity contribution < 1.29 is 4.39 Å². The van der Waals surface area contributed by atoms with Gasteiger partial charge in [-0.3, -0.25) is 4.99 Å². The second-order valence-corrected chi connectivity index (χ2v) is 6.41. The monoisotopic (exact) mass is 289 g/mol. The van der Waals surface area contributed by atoms with Gasteiger partial charge >= 0.3 is 0 Å². The largest absolute Gasteiger partial charge is 0.352 e. The number of hydrogen-bond acceptors (Lipinski definition) is 1. The summed E-state index contributed by atoms with van der Waals surface area (Å²) in [6.45, 7) is 2.93. The summed E-state index contributed by atoms with van der Waals surface area (Å²) in [7, 11) is 1.84. The molecule has 1 saturated carbocycles. The number of nitrogens with one attached hydrogen (secondary N) is 1. The van der Waals surface area contributed by atoms with Crippen molar-refractivity contribution >= 4 is 5.96 Å². The molecule has 1 aromatic carbocycles. The minimum atomic E-state index is -0.189. The minimum Gasteiger partial charge on any atom is -0.352 e. The second kappa shape index (κ2) is 6.04. The van der Waals surface area contributed by atoms with Crippen molar-refractivity contribution in [2.24, 2.45) is 10.4 Å². The number of rotatable bonds is 2. The molecule has 0 aromatic heterocycles. The van der Waals surface area contributed by atoms with Gasteiger partial charge in [-0.25, -0.2) is 4.39 Å². The Labute approximate surface area is 126 Å². The Morgan fingerprint density at radius 1 is 1.24 bits per heavy atom. The van der Waals surface area contributed by atoms with E-state index in [0.29, 0.717) is 12.0 Å². The van der Waals surface area contributed by atoms with Crippen LogP contribution in [0.2, 0.25) is 0 Å². The van der Waals surface area contributed by atoms with Crippen LogP contribution in [-0.4, -0.2) is 31.0 Å². The lowest BCUT2D eigenvalue weighted by Crippen LogP contribution is -2.40. The van der Waals surface area contributed by atoms with Crippen LogP contribution in [0.5, 0.6) is 0 Å². The fourth-order valence-corrected chi connectivity index (χ4v) is 3.76. The molecule has 21 heavy (non-hydrogen) atoms. The summed E-state index contributed by atoms with van der Waals surface area (Å²) in [6.07, 6.45) is 6.81. The summed E-state index contributed by atoms with van der Waals surface area (Å²) in [5.41, 5.74) is 1.63.